The maximum Gasteiger partial charge on any atom is 0.326 e. The van der Waals surface area contributed by atoms with Crippen LogP contribution in [0.1, 0.15) is 47.0 Å². The van der Waals surface area contributed by atoms with Crippen molar-refractivity contribution in [1.29, 1.82) is 0 Å². The molecule has 4 heteroatoms. The number of nitrogens with zero attached hydrogens (tertiary/aromatic N) is 1. The van der Waals surface area contributed by atoms with Crippen LogP contribution in [0.3, 0.4) is 0 Å². The van der Waals surface area contributed by atoms with Gasteiger partial charge in [-0.15, -0.1) is 0 Å². The van der Waals surface area contributed by atoms with Gasteiger partial charge in [-0.3, -0.25) is 4.79 Å². The molecule has 1 unspecified atom stereocenters. The first kappa shape index (κ1) is 17.4. The summed E-state index contributed by atoms with van der Waals surface area (Å²) in [6, 6.07) is 0.591. The highest BCUT2D eigenvalue weighted by Crippen LogP contribution is 2.15. The largest absolute Gasteiger partial charge is 0.465 e. The van der Waals surface area contributed by atoms with Crippen LogP contribution in [0, 0.1) is 0 Å². The first-order chi connectivity index (χ1) is 8.45. The molecular weight excluding hydrogens is 228 g/mol. The van der Waals surface area contributed by atoms with Gasteiger partial charge in [-0.25, -0.2) is 0 Å². The van der Waals surface area contributed by atoms with Gasteiger partial charge in [-0.2, -0.15) is 0 Å². The molecule has 1 N–H and O–H groups in total. The summed E-state index contributed by atoms with van der Waals surface area (Å²) >= 11 is 0. The maximum absolute atomic E-state index is 11.9. The second-order valence-corrected chi connectivity index (χ2v) is 5.00. The van der Waals surface area contributed by atoms with Crippen molar-refractivity contribution in [1.82, 2.24) is 10.2 Å². The summed E-state index contributed by atoms with van der Waals surface area (Å²) < 4.78 is 5.12. The van der Waals surface area contributed by atoms with E-state index in [1.54, 1.807) is 0 Å². The van der Waals surface area contributed by atoms with Crippen LogP contribution in [0.4, 0.5) is 0 Å². The van der Waals surface area contributed by atoms with Gasteiger partial charge in [0.25, 0.3) is 0 Å². The van der Waals surface area contributed by atoms with E-state index in [4.69, 9.17) is 4.74 Å². The fourth-order valence-corrected chi connectivity index (χ4v) is 2.11. The molecule has 18 heavy (non-hydrogen) atoms. The smallest absolute Gasteiger partial charge is 0.326 e. The lowest BCUT2D eigenvalue weighted by Crippen LogP contribution is -2.51. The van der Waals surface area contributed by atoms with Gasteiger partial charge in [0.1, 0.15) is 5.54 Å². The quantitative estimate of drug-likeness (QED) is 0.643. The van der Waals surface area contributed by atoms with Crippen molar-refractivity contribution < 1.29 is 9.53 Å². The Balaban J connectivity index is 4.41. The number of hydrogen-bond acceptors (Lipinski definition) is 4. The van der Waals surface area contributed by atoms with E-state index in [-0.39, 0.29) is 5.97 Å². The summed E-state index contributed by atoms with van der Waals surface area (Å²) in [7, 11) is 3.94. The number of ether oxygens (including phenoxy) is 1. The van der Waals surface area contributed by atoms with E-state index < -0.39 is 5.54 Å². The molecule has 0 radical (unpaired) electrons. The van der Waals surface area contributed by atoms with Gasteiger partial charge in [0, 0.05) is 12.6 Å². The summed E-state index contributed by atoms with van der Waals surface area (Å²) in [5.41, 5.74) is -0.587. The third kappa shape index (κ3) is 4.94. The Labute approximate surface area is 112 Å². The SMILES string of the molecule is CCOC(=O)C(C)(CCN(C)C(CC)CC)NC. The van der Waals surface area contributed by atoms with E-state index in [1.807, 2.05) is 20.9 Å². The van der Waals surface area contributed by atoms with Gasteiger partial charge in [0.05, 0.1) is 6.61 Å². The van der Waals surface area contributed by atoms with Gasteiger partial charge >= 0.3 is 5.97 Å². The molecule has 0 saturated heterocycles. The molecule has 0 aliphatic carbocycles. The van der Waals surface area contributed by atoms with Crippen LogP contribution >= 0.6 is 0 Å². The topological polar surface area (TPSA) is 41.6 Å². The Kier molecular flexibility index (Phi) is 8.20. The molecule has 4 nitrogen and oxygen atoms in total. The molecule has 0 aliphatic rings. The average Bonchev–Trinajstić information content (AvgIpc) is 2.37. The molecule has 0 aromatic rings. The second kappa shape index (κ2) is 8.48. The maximum atomic E-state index is 11.9. The summed E-state index contributed by atoms with van der Waals surface area (Å²) in [5, 5.41) is 3.09. The van der Waals surface area contributed by atoms with Crippen LogP contribution in [-0.2, 0) is 9.53 Å². The van der Waals surface area contributed by atoms with Crippen LogP contribution in [0.25, 0.3) is 0 Å². The molecule has 0 heterocycles. The average molecular weight is 258 g/mol. The van der Waals surface area contributed by atoms with Gasteiger partial charge in [-0.1, -0.05) is 13.8 Å². The number of carbonyl (C=O) groups is 1. The molecule has 0 bridgehead atoms. The Morgan fingerprint density at radius 3 is 2.28 bits per heavy atom. The number of nitrogens with one attached hydrogen (secondary N) is 1. The van der Waals surface area contributed by atoms with E-state index in [9.17, 15) is 4.79 Å². The van der Waals surface area contributed by atoms with Crippen molar-refractivity contribution in [2.45, 2.75) is 58.5 Å². The molecule has 0 rings (SSSR count). The zero-order valence-electron chi connectivity index (χ0n) is 12.9. The van der Waals surface area contributed by atoms with Crippen molar-refractivity contribution in [2.75, 3.05) is 27.2 Å². The number of likely N-dealkylation sites (N-methyl/N-ethyl adjacent to an activating group) is 1. The molecule has 0 saturated carbocycles. The predicted molar refractivity (Wildman–Crippen MR) is 75.7 cm³/mol. The standard InChI is InChI=1S/C14H30N2O2/c1-7-12(8-2)16(6)11-10-14(4,15-5)13(17)18-9-3/h12,15H,7-11H2,1-6H3. The Bertz CT molecular complexity index is 242. The third-order valence-electron chi connectivity index (χ3n) is 3.81. The van der Waals surface area contributed by atoms with Gasteiger partial charge < -0.3 is 15.0 Å². The van der Waals surface area contributed by atoms with E-state index in [0.717, 1.165) is 25.8 Å². The van der Waals surface area contributed by atoms with Crippen LogP contribution in [0.2, 0.25) is 0 Å². The monoisotopic (exact) mass is 258 g/mol. The van der Waals surface area contributed by atoms with Gasteiger partial charge in [0.2, 0.25) is 0 Å². The van der Waals surface area contributed by atoms with Crippen molar-refractivity contribution in [3.8, 4) is 0 Å². The minimum atomic E-state index is -0.587. The summed E-state index contributed by atoms with van der Waals surface area (Å²) in [6.45, 7) is 9.47. The summed E-state index contributed by atoms with van der Waals surface area (Å²) in [5.74, 6) is -0.162. The molecular formula is C14H30N2O2. The molecule has 0 aromatic heterocycles. The van der Waals surface area contributed by atoms with E-state index >= 15 is 0 Å². The van der Waals surface area contributed by atoms with Crippen molar-refractivity contribution in [3.63, 3.8) is 0 Å². The van der Waals surface area contributed by atoms with Crippen molar-refractivity contribution in [2.24, 2.45) is 0 Å². The molecule has 0 spiro atoms. The number of esters is 1. The number of carbonyl (C=O) groups excluding carboxylic acids is 1. The normalized spacial score (nSPS) is 14.9. The lowest BCUT2D eigenvalue weighted by atomic mass is 9.97. The zero-order chi connectivity index (χ0) is 14.2. The fourth-order valence-electron chi connectivity index (χ4n) is 2.11. The van der Waals surface area contributed by atoms with Gasteiger partial charge in [-0.05, 0) is 47.2 Å². The van der Waals surface area contributed by atoms with E-state index in [0.29, 0.717) is 12.6 Å². The van der Waals surface area contributed by atoms with E-state index in [2.05, 4.69) is 31.1 Å². The summed E-state index contributed by atoms with van der Waals surface area (Å²) in [4.78, 5) is 14.2. The molecule has 0 amide bonds. The number of hydrogen-bond donors (Lipinski definition) is 1. The Morgan fingerprint density at radius 2 is 1.89 bits per heavy atom. The molecule has 0 fully saturated rings. The minimum Gasteiger partial charge on any atom is -0.465 e. The van der Waals surface area contributed by atoms with Gasteiger partial charge in [0.15, 0.2) is 0 Å². The first-order valence-corrected chi connectivity index (χ1v) is 7.01. The van der Waals surface area contributed by atoms with Crippen LogP contribution in [-0.4, -0.2) is 49.7 Å². The van der Waals surface area contributed by atoms with Crippen LogP contribution in [0.5, 0.6) is 0 Å². The predicted octanol–water partition coefficient (Wildman–Crippen LogP) is 2.04. The minimum absolute atomic E-state index is 0.162. The molecule has 0 aromatic carbocycles. The highest BCUT2D eigenvalue weighted by atomic mass is 16.5. The van der Waals surface area contributed by atoms with Crippen molar-refractivity contribution >= 4 is 5.97 Å². The lowest BCUT2D eigenvalue weighted by Gasteiger charge is -2.32. The van der Waals surface area contributed by atoms with E-state index in [1.165, 1.54) is 0 Å². The molecule has 108 valence electrons. The highest BCUT2D eigenvalue weighted by Gasteiger charge is 2.33. The Morgan fingerprint density at radius 1 is 1.33 bits per heavy atom. The third-order valence-corrected chi connectivity index (χ3v) is 3.81. The van der Waals surface area contributed by atoms with Crippen LogP contribution < -0.4 is 5.32 Å². The summed E-state index contributed by atoms with van der Waals surface area (Å²) in [6.07, 6.45) is 3.04. The Hall–Kier alpha value is -0.610. The first-order valence-electron chi connectivity index (χ1n) is 7.01. The number of rotatable bonds is 9. The molecule has 0 aliphatic heterocycles. The lowest BCUT2D eigenvalue weighted by molar-refractivity contribution is -0.150. The van der Waals surface area contributed by atoms with Crippen molar-refractivity contribution in [3.05, 3.63) is 0 Å². The van der Waals surface area contributed by atoms with Crippen LogP contribution in [0.15, 0.2) is 0 Å². The molecule has 1 atom stereocenters. The zero-order valence-corrected chi connectivity index (χ0v) is 12.9. The fraction of sp³-hybridized carbons (Fsp3) is 0.929. The highest BCUT2D eigenvalue weighted by molar-refractivity contribution is 5.80. The second-order valence-electron chi connectivity index (χ2n) is 5.00.